The number of piperazine rings is 1. The van der Waals surface area contributed by atoms with Crippen molar-refractivity contribution in [3.05, 3.63) is 70.7 Å². The Balaban J connectivity index is 1.37. The predicted molar refractivity (Wildman–Crippen MR) is 115 cm³/mol. The molecule has 1 N–H and O–H groups in total. The van der Waals surface area contributed by atoms with Gasteiger partial charge in [0.05, 0.1) is 18.8 Å². The fourth-order valence-corrected chi connectivity index (χ4v) is 3.80. The molecule has 3 rings (SSSR count). The van der Waals surface area contributed by atoms with E-state index in [1.54, 1.807) is 0 Å². The molecule has 0 radical (unpaired) electrons. The van der Waals surface area contributed by atoms with Crippen LogP contribution >= 0.6 is 11.6 Å². The van der Waals surface area contributed by atoms with Crippen LogP contribution < -0.4 is 0 Å². The van der Waals surface area contributed by atoms with Crippen LogP contribution in [0.5, 0.6) is 0 Å². The van der Waals surface area contributed by atoms with Gasteiger partial charge in [-0.2, -0.15) is 0 Å². The highest BCUT2D eigenvalue weighted by Gasteiger charge is 2.20. The largest absolute Gasteiger partial charge is 0.389 e. The van der Waals surface area contributed by atoms with Crippen molar-refractivity contribution in [3.63, 3.8) is 0 Å². The summed E-state index contributed by atoms with van der Waals surface area (Å²) >= 11 is 5.96. The number of nitrogens with zero attached hydrogens (tertiary/aromatic N) is 2. The first-order valence-electron chi connectivity index (χ1n) is 10.2. The summed E-state index contributed by atoms with van der Waals surface area (Å²) in [5.74, 6) is 0. The number of aliphatic hydroxyl groups is 1. The molecule has 0 saturated carbocycles. The number of aliphatic hydroxyl groups excluding tert-OH is 1. The molecule has 1 fully saturated rings. The van der Waals surface area contributed by atoms with Crippen LogP contribution in [-0.2, 0) is 11.3 Å². The van der Waals surface area contributed by atoms with Crippen molar-refractivity contribution in [1.82, 2.24) is 9.80 Å². The van der Waals surface area contributed by atoms with Crippen LogP contribution in [0.2, 0.25) is 5.02 Å². The average molecular weight is 403 g/mol. The maximum atomic E-state index is 10.4. The minimum atomic E-state index is -0.458. The molecule has 1 saturated heterocycles. The van der Waals surface area contributed by atoms with Gasteiger partial charge < -0.3 is 9.84 Å². The minimum Gasteiger partial charge on any atom is -0.389 e. The molecule has 0 spiro atoms. The van der Waals surface area contributed by atoms with Crippen LogP contribution in [0.1, 0.15) is 30.6 Å². The first kappa shape index (κ1) is 21.3. The molecule has 5 heteroatoms. The number of hydrogen-bond acceptors (Lipinski definition) is 4. The van der Waals surface area contributed by atoms with Gasteiger partial charge in [0.15, 0.2) is 0 Å². The lowest BCUT2D eigenvalue weighted by molar-refractivity contribution is -0.0284. The number of β-amino-alcohol motifs (C(OH)–C–C–N with tert-alkyl or cyclic N) is 1. The van der Waals surface area contributed by atoms with Gasteiger partial charge in [-0.1, -0.05) is 61.0 Å². The van der Waals surface area contributed by atoms with Crippen LogP contribution in [-0.4, -0.2) is 60.3 Å². The summed E-state index contributed by atoms with van der Waals surface area (Å²) in [5.41, 5.74) is 2.46. The van der Waals surface area contributed by atoms with E-state index in [0.29, 0.717) is 13.2 Å². The SMILES string of the molecule is CC[C@H](OC[C@@H](O)CN1CCN(Cc2ccc(Cl)cc2)CC1)c1ccccc1. The van der Waals surface area contributed by atoms with E-state index in [1.165, 1.54) is 11.1 Å². The standard InChI is InChI=1S/C23H31ClN2O2/c1-2-23(20-6-4-3-5-7-20)28-18-22(27)17-26-14-12-25(13-15-26)16-19-8-10-21(24)11-9-19/h3-11,22-23,27H,2,12-18H2,1H3/t22-,23-/m0/s1. The van der Waals surface area contributed by atoms with Crippen molar-refractivity contribution in [2.75, 3.05) is 39.3 Å². The molecule has 0 unspecified atom stereocenters. The Hall–Kier alpha value is -1.43. The molecular weight excluding hydrogens is 372 g/mol. The van der Waals surface area contributed by atoms with Gasteiger partial charge in [0.1, 0.15) is 0 Å². The van der Waals surface area contributed by atoms with Gasteiger partial charge in [-0.3, -0.25) is 9.80 Å². The van der Waals surface area contributed by atoms with Crippen LogP contribution in [0, 0.1) is 0 Å². The molecule has 1 aliphatic heterocycles. The lowest BCUT2D eigenvalue weighted by Gasteiger charge is -2.35. The van der Waals surface area contributed by atoms with Gasteiger partial charge >= 0.3 is 0 Å². The van der Waals surface area contributed by atoms with Crippen molar-refractivity contribution < 1.29 is 9.84 Å². The summed E-state index contributed by atoms with van der Waals surface area (Å²) in [4.78, 5) is 4.78. The zero-order valence-corrected chi connectivity index (χ0v) is 17.4. The monoisotopic (exact) mass is 402 g/mol. The van der Waals surface area contributed by atoms with E-state index in [-0.39, 0.29) is 6.10 Å². The highest BCUT2D eigenvalue weighted by atomic mass is 35.5. The highest BCUT2D eigenvalue weighted by Crippen LogP contribution is 2.21. The summed E-state index contributed by atoms with van der Waals surface area (Å²) in [6.45, 7) is 8.07. The van der Waals surface area contributed by atoms with Gasteiger partial charge in [0.2, 0.25) is 0 Å². The fraction of sp³-hybridized carbons (Fsp3) is 0.478. The van der Waals surface area contributed by atoms with Gasteiger partial charge in [0, 0.05) is 44.3 Å². The van der Waals surface area contributed by atoms with Crippen molar-refractivity contribution in [2.24, 2.45) is 0 Å². The molecule has 1 aliphatic rings. The summed E-state index contributed by atoms with van der Waals surface area (Å²) in [7, 11) is 0. The number of halogens is 1. The van der Waals surface area contributed by atoms with Gasteiger partial charge in [0.25, 0.3) is 0 Å². The average Bonchev–Trinajstić information content (AvgIpc) is 2.72. The topological polar surface area (TPSA) is 35.9 Å². The maximum Gasteiger partial charge on any atom is 0.0900 e. The fourth-order valence-electron chi connectivity index (χ4n) is 3.67. The van der Waals surface area contributed by atoms with Crippen LogP contribution in [0.3, 0.4) is 0 Å². The third kappa shape index (κ3) is 6.57. The van der Waals surface area contributed by atoms with Gasteiger partial charge in [-0.05, 0) is 29.7 Å². The van der Waals surface area contributed by atoms with E-state index in [1.807, 2.05) is 30.3 Å². The normalized spacial score (nSPS) is 18.1. The molecule has 4 nitrogen and oxygen atoms in total. The molecule has 28 heavy (non-hydrogen) atoms. The summed E-state index contributed by atoms with van der Waals surface area (Å²) < 4.78 is 5.99. The van der Waals surface area contributed by atoms with Crippen molar-refractivity contribution in [1.29, 1.82) is 0 Å². The molecule has 152 valence electrons. The number of rotatable bonds is 9. The number of ether oxygens (including phenoxy) is 1. The van der Waals surface area contributed by atoms with E-state index in [4.69, 9.17) is 16.3 Å². The molecule has 2 atom stereocenters. The van der Waals surface area contributed by atoms with E-state index >= 15 is 0 Å². The third-order valence-corrected chi connectivity index (χ3v) is 5.54. The highest BCUT2D eigenvalue weighted by molar-refractivity contribution is 6.30. The summed E-state index contributed by atoms with van der Waals surface area (Å²) in [6, 6.07) is 18.3. The molecule has 0 aliphatic carbocycles. The molecule has 0 aromatic heterocycles. The molecule has 0 bridgehead atoms. The maximum absolute atomic E-state index is 10.4. The minimum absolute atomic E-state index is 0.0482. The Morgan fingerprint density at radius 1 is 0.964 bits per heavy atom. The quantitative estimate of drug-likeness (QED) is 0.688. The Kier molecular flexibility index (Phi) is 8.31. The van der Waals surface area contributed by atoms with Gasteiger partial charge in [-0.25, -0.2) is 0 Å². The molecular formula is C23H31ClN2O2. The second kappa shape index (κ2) is 10.9. The van der Waals surface area contributed by atoms with E-state index in [0.717, 1.165) is 44.2 Å². The molecule has 2 aromatic carbocycles. The van der Waals surface area contributed by atoms with Crippen LogP contribution in [0.25, 0.3) is 0 Å². The number of hydrogen-bond donors (Lipinski definition) is 1. The third-order valence-electron chi connectivity index (χ3n) is 5.29. The Bertz CT molecular complexity index is 688. The molecule has 2 aromatic rings. The van der Waals surface area contributed by atoms with Crippen LogP contribution in [0.4, 0.5) is 0 Å². The van der Waals surface area contributed by atoms with Gasteiger partial charge in [-0.15, -0.1) is 0 Å². The second-order valence-electron chi connectivity index (χ2n) is 7.50. The first-order chi connectivity index (χ1) is 13.6. The van der Waals surface area contributed by atoms with E-state index < -0.39 is 6.10 Å². The van der Waals surface area contributed by atoms with Crippen LogP contribution in [0.15, 0.2) is 54.6 Å². The van der Waals surface area contributed by atoms with Crippen molar-refractivity contribution >= 4 is 11.6 Å². The molecule has 0 amide bonds. The lowest BCUT2D eigenvalue weighted by atomic mass is 10.1. The Labute approximate surface area is 173 Å². The molecule has 1 heterocycles. The first-order valence-corrected chi connectivity index (χ1v) is 10.6. The zero-order valence-electron chi connectivity index (χ0n) is 16.6. The predicted octanol–water partition coefficient (Wildman–Crippen LogP) is 3.99. The number of benzene rings is 2. The Morgan fingerprint density at radius 3 is 2.25 bits per heavy atom. The summed E-state index contributed by atoms with van der Waals surface area (Å²) in [5, 5.41) is 11.2. The van der Waals surface area contributed by atoms with E-state index in [2.05, 4.69) is 41.0 Å². The zero-order chi connectivity index (χ0) is 19.8. The second-order valence-corrected chi connectivity index (χ2v) is 7.93. The van der Waals surface area contributed by atoms with E-state index in [9.17, 15) is 5.11 Å². The van der Waals surface area contributed by atoms with Crippen molar-refractivity contribution in [3.8, 4) is 0 Å². The Morgan fingerprint density at radius 2 is 1.61 bits per heavy atom. The lowest BCUT2D eigenvalue weighted by Crippen LogP contribution is -2.48. The summed E-state index contributed by atoms with van der Waals surface area (Å²) in [6.07, 6.45) is 0.493. The van der Waals surface area contributed by atoms with Crippen molar-refractivity contribution in [2.45, 2.75) is 32.1 Å². The smallest absolute Gasteiger partial charge is 0.0900 e.